The molecule has 0 saturated heterocycles. The molecular weight excluding hydrogens is 408 g/mol. The number of hydrogen-bond donors (Lipinski definition) is 4. The topological polar surface area (TPSA) is 177 Å². The average molecular weight is 424 g/mol. The monoisotopic (exact) mass is 424 g/mol. The van der Waals surface area contributed by atoms with E-state index in [4.69, 9.17) is 0 Å². The summed E-state index contributed by atoms with van der Waals surface area (Å²) in [6.45, 7) is 0. The van der Waals surface area contributed by atoms with Gasteiger partial charge in [0.1, 0.15) is 6.33 Å². The fourth-order valence-corrected chi connectivity index (χ4v) is 2.49. The molecule has 0 aliphatic heterocycles. The molecule has 0 spiro atoms. The number of hydrogen-bond acceptors (Lipinski definition) is 10. The lowest BCUT2D eigenvalue weighted by Gasteiger charge is -2.12. The SMILES string of the molecule is O=C(Cc1ccccc1)NNc1ncnc(NNc2ccc([N+](=O)[O-])cc2)c1[N+](=O)[O-]. The molecule has 0 atom stereocenters. The number of rotatable bonds is 9. The molecule has 3 aromatic rings. The summed E-state index contributed by atoms with van der Waals surface area (Å²) in [5, 5.41) is 22.2. The molecule has 0 aliphatic rings. The molecule has 0 aliphatic carbocycles. The van der Waals surface area contributed by atoms with Gasteiger partial charge in [0.15, 0.2) is 0 Å². The van der Waals surface area contributed by atoms with Crippen molar-refractivity contribution in [3.63, 3.8) is 0 Å². The van der Waals surface area contributed by atoms with E-state index < -0.39 is 21.4 Å². The van der Waals surface area contributed by atoms with E-state index in [0.29, 0.717) is 5.69 Å². The lowest BCUT2D eigenvalue weighted by Crippen LogP contribution is -2.31. The first-order valence-electron chi connectivity index (χ1n) is 8.78. The highest BCUT2D eigenvalue weighted by atomic mass is 16.6. The molecule has 31 heavy (non-hydrogen) atoms. The summed E-state index contributed by atoms with van der Waals surface area (Å²) in [4.78, 5) is 40.7. The van der Waals surface area contributed by atoms with Crippen molar-refractivity contribution < 1.29 is 14.6 Å². The van der Waals surface area contributed by atoms with E-state index in [1.54, 1.807) is 24.3 Å². The molecule has 1 heterocycles. The Morgan fingerprint density at radius 2 is 1.48 bits per heavy atom. The van der Waals surface area contributed by atoms with Crippen LogP contribution in [-0.4, -0.2) is 25.7 Å². The zero-order valence-electron chi connectivity index (χ0n) is 15.8. The third-order valence-corrected chi connectivity index (χ3v) is 3.94. The Balaban J connectivity index is 1.68. The molecule has 3 rings (SSSR count). The second kappa shape index (κ2) is 9.60. The number of nitrogens with one attached hydrogen (secondary N) is 4. The molecule has 13 heteroatoms. The van der Waals surface area contributed by atoms with Crippen LogP contribution in [0, 0.1) is 20.2 Å². The van der Waals surface area contributed by atoms with Gasteiger partial charge in [-0.05, 0) is 17.7 Å². The van der Waals surface area contributed by atoms with Crippen LogP contribution >= 0.6 is 0 Å². The molecule has 13 nitrogen and oxygen atoms in total. The lowest BCUT2D eigenvalue weighted by molar-refractivity contribution is -0.384. The standard InChI is InChI=1S/C18H16N8O5/c27-15(10-12-4-2-1-3-5-12)22-24-18-16(26(30)31)17(19-11-20-18)23-21-13-6-8-14(9-7-13)25(28)29/h1-9,11,21H,10H2,(H,22,27)(H2,19,20,23,24). The van der Waals surface area contributed by atoms with Crippen LogP contribution in [0.4, 0.5) is 28.7 Å². The number of nitro benzene ring substituents is 1. The second-order valence-corrected chi connectivity index (χ2v) is 6.07. The van der Waals surface area contributed by atoms with Crippen molar-refractivity contribution in [1.29, 1.82) is 0 Å². The highest BCUT2D eigenvalue weighted by Gasteiger charge is 2.23. The van der Waals surface area contributed by atoms with E-state index >= 15 is 0 Å². The third kappa shape index (κ3) is 5.60. The molecule has 2 aromatic carbocycles. The Kier molecular flexibility index (Phi) is 6.47. The Bertz CT molecular complexity index is 1090. The number of amides is 1. The van der Waals surface area contributed by atoms with Crippen molar-refractivity contribution in [3.05, 3.63) is 86.7 Å². The Labute approximate surface area is 174 Å². The largest absolute Gasteiger partial charge is 0.356 e. The molecule has 0 bridgehead atoms. The fourth-order valence-electron chi connectivity index (χ4n) is 2.49. The first-order valence-corrected chi connectivity index (χ1v) is 8.78. The fraction of sp³-hybridized carbons (Fsp3) is 0.0556. The maximum absolute atomic E-state index is 12.1. The number of non-ortho nitro benzene ring substituents is 1. The molecular formula is C18H16N8O5. The van der Waals surface area contributed by atoms with Crippen molar-refractivity contribution in [1.82, 2.24) is 15.4 Å². The van der Waals surface area contributed by atoms with Crippen LogP contribution in [0.25, 0.3) is 0 Å². The van der Waals surface area contributed by atoms with Gasteiger partial charge in [0.2, 0.25) is 17.5 Å². The highest BCUT2D eigenvalue weighted by molar-refractivity contribution is 5.81. The van der Waals surface area contributed by atoms with Gasteiger partial charge in [-0.1, -0.05) is 30.3 Å². The van der Waals surface area contributed by atoms with Crippen LogP contribution in [0.2, 0.25) is 0 Å². The van der Waals surface area contributed by atoms with Gasteiger partial charge in [-0.25, -0.2) is 9.97 Å². The van der Waals surface area contributed by atoms with E-state index in [2.05, 4.69) is 31.7 Å². The number of nitrogens with zero attached hydrogens (tertiary/aromatic N) is 4. The van der Waals surface area contributed by atoms with E-state index in [9.17, 15) is 25.0 Å². The number of carbonyl (C=O) groups is 1. The van der Waals surface area contributed by atoms with Crippen LogP contribution < -0.4 is 21.7 Å². The number of anilines is 3. The molecule has 158 valence electrons. The van der Waals surface area contributed by atoms with Gasteiger partial charge in [-0.2, -0.15) is 0 Å². The van der Waals surface area contributed by atoms with E-state index in [-0.39, 0.29) is 23.7 Å². The van der Waals surface area contributed by atoms with E-state index in [1.807, 2.05) is 6.07 Å². The average Bonchev–Trinajstić information content (AvgIpc) is 2.77. The summed E-state index contributed by atoms with van der Waals surface area (Å²) in [5.41, 5.74) is 10.6. The number of aromatic nitrogens is 2. The van der Waals surface area contributed by atoms with E-state index in [1.165, 1.54) is 24.3 Å². The Hall–Kier alpha value is -4.81. The zero-order chi connectivity index (χ0) is 22.2. The van der Waals surface area contributed by atoms with Gasteiger partial charge in [-0.15, -0.1) is 0 Å². The molecule has 0 unspecified atom stereocenters. The predicted molar refractivity (Wildman–Crippen MR) is 111 cm³/mol. The summed E-state index contributed by atoms with van der Waals surface area (Å²) in [6, 6.07) is 14.3. The summed E-state index contributed by atoms with van der Waals surface area (Å²) in [7, 11) is 0. The lowest BCUT2D eigenvalue weighted by atomic mass is 10.1. The smallest absolute Gasteiger partial charge is 0.299 e. The minimum Gasteiger partial charge on any atom is -0.299 e. The van der Waals surface area contributed by atoms with Crippen molar-refractivity contribution in [2.24, 2.45) is 0 Å². The van der Waals surface area contributed by atoms with Crippen LogP contribution in [0.3, 0.4) is 0 Å². The van der Waals surface area contributed by atoms with Gasteiger partial charge in [-0.3, -0.25) is 46.7 Å². The van der Waals surface area contributed by atoms with Crippen LogP contribution in [0.15, 0.2) is 60.9 Å². The van der Waals surface area contributed by atoms with Gasteiger partial charge in [0.05, 0.1) is 22.0 Å². The van der Waals surface area contributed by atoms with Crippen LogP contribution in [-0.2, 0) is 11.2 Å². The van der Waals surface area contributed by atoms with Gasteiger partial charge in [0.25, 0.3) is 5.69 Å². The number of nitro groups is 2. The molecule has 1 aromatic heterocycles. The Morgan fingerprint density at radius 3 is 2.10 bits per heavy atom. The first kappa shape index (κ1) is 20.9. The highest BCUT2D eigenvalue weighted by Crippen LogP contribution is 2.28. The minimum atomic E-state index is -0.717. The molecule has 0 radical (unpaired) electrons. The predicted octanol–water partition coefficient (Wildman–Crippen LogP) is 2.42. The van der Waals surface area contributed by atoms with Crippen LogP contribution in [0.5, 0.6) is 0 Å². The van der Waals surface area contributed by atoms with Crippen molar-refractivity contribution in [2.75, 3.05) is 16.3 Å². The minimum absolute atomic E-state index is 0.0690. The maximum Gasteiger partial charge on any atom is 0.356 e. The normalized spacial score (nSPS) is 10.1. The van der Waals surface area contributed by atoms with Crippen LogP contribution in [0.1, 0.15) is 5.56 Å². The third-order valence-electron chi connectivity index (χ3n) is 3.94. The summed E-state index contributed by atoms with van der Waals surface area (Å²) in [6.07, 6.45) is 1.14. The van der Waals surface area contributed by atoms with Crippen molar-refractivity contribution in [3.8, 4) is 0 Å². The maximum atomic E-state index is 12.1. The van der Waals surface area contributed by atoms with Crippen molar-refractivity contribution >= 4 is 34.6 Å². The summed E-state index contributed by atoms with van der Waals surface area (Å²) in [5.74, 6) is -0.829. The molecule has 0 saturated carbocycles. The van der Waals surface area contributed by atoms with Crippen molar-refractivity contribution in [2.45, 2.75) is 6.42 Å². The Morgan fingerprint density at radius 1 is 0.839 bits per heavy atom. The molecule has 4 N–H and O–H groups in total. The summed E-state index contributed by atoms with van der Waals surface area (Å²) < 4.78 is 0. The first-order chi connectivity index (χ1) is 14.9. The molecule has 1 amide bonds. The molecule has 0 fully saturated rings. The van der Waals surface area contributed by atoms with Gasteiger partial charge in [0, 0.05) is 12.1 Å². The van der Waals surface area contributed by atoms with E-state index in [0.717, 1.165) is 11.9 Å². The number of carbonyl (C=O) groups excluding carboxylic acids is 1. The number of hydrazine groups is 2. The van der Waals surface area contributed by atoms with Gasteiger partial charge < -0.3 is 0 Å². The zero-order valence-corrected chi connectivity index (χ0v) is 15.8. The van der Waals surface area contributed by atoms with Gasteiger partial charge >= 0.3 is 5.69 Å². The number of benzene rings is 2. The second-order valence-electron chi connectivity index (χ2n) is 6.07. The quantitative estimate of drug-likeness (QED) is 0.294. The summed E-state index contributed by atoms with van der Waals surface area (Å²) >= 11 is 0.